The first-order valence-corrected chi connectivity index (χ1v) is 15.6. The number of hydrogen-bond acceptors (Lipinski definition) is 9. The molecule has 1 fully saturated rings. The number of aromatic nitrogens is 2. The van der Waals surface area contributed by atoms with Crippen molar-refractivity contribution in [1.29, 1.82) is 0 Å². The summed E-state index contributed by atoms with van der Waals surface area (Å²) in [6.45, 7) is 3.85. The second-order valence-electron chi connectivity index (χ2n) is 9.64. The smallest absolute Gasteiger partial charge is 0.153 e. The zero-order valence-corrected chi connectivity index (χ0v) is 23.1. The molecule has 0 radical (unpaired) electrons. The minimum absolute atomic E-state index is 0.0357. The maximum absolute atomic E-state index is 11.9. The fraction of sp³-hybridized carbons (Fsp3) is 0.444. The molecule has 2 aliphatic rings. The second kappa shape index (κ2) is 11.5. The maximum Gasteiger partial charge on any atom is 0.153 e. The SMILES string of the molecule is CCC(=O)CC1CN=C(c2cc3cc(Oc4ccc(CS(C)(=O)=O)nc4)cc(OC4CCOCC4)c3[nH]2)S1. The number of aliphatic imine (C=N–C) groups is 1. The third-order valence-electron chi connectivity index (χ3n) is 6.37. The molecule has 1 atom stereocenters. The highest BCUT2D eigenvalue weighted by Gasteiger charge is 2.25. The quantitative estimate of drug-likeness (QED) is 0.381. The standard InChI is InChI=1S/C27H31N3O6S2/c1-3-19(31)12-23-15-29-27(37-23)24-11-17-10-22(35-21-5-4-18(28-14-21)16-38(2,32)33)13-25(26(17)30-24)36-20-6-8-34-9-7-20/h4-5,10-11,13-14,20,23,30H,3,6-9,12,15-16H2,1-2H3. The van der Waals surface area contributed by atoms with Crippen molar-refractivity contribution in [2.24, 2.45) is 4.99 Å². The lowest BCUT2D eigenvalue weighted by atomic mass is 10.1. The van der Waals surface area contributed by atoms with Crippen LogP contribution < -0.4 is 9.47 Å². The van der Waals surface area contributed by atoms with Crippen LogP contribution >= 0.6 is 11.8 Å². The fourth-order valence-electron chi connectivity index (χ4n) is 4.46. The molecule has 1 N–H and O–H groups in total. The van der Waals surface area contributed by atoms with Gasteiger partial charge in [0, 0.05) is 48.6 Å². The van der Waals surface area contributed by atoms with Crippen molar-refractivity contribution >= 4 is 43.3 Å². The van der Waals surface area contributed by atoms with E-state index in [0.29, 0.717) is 55.5 Å². The maximum atomic E-state index is 11.9. The number of rotatable bonds is 10. The third-order valence-corrected chi connectivity index (χ3v) is 8.41. The molecular formula is C27H31N3O6S2. The first-order valence-electron chi connectivity index (χ1n) is 12.7. The van der Waals surface area contributed by atoms with Gasteiger partial charge in [-0.15, -0.1) is 0 Å². The van der Waals surface area contributed by atoms with E-state index in [2.05, 4.69) is 9.97 Å². The molecule has 0 spiro atoms. The van der Waals surface area contributed by atoms with Gasteiger partial charge in [0.15, 0.2) is 9.84 Å². The molecule has 0 saturated carbocycles. The first-order chi connectivity index (χ1) is 18.3. The van der Waals surface area contributed by atoms with E-state index in [1.165, 1.54) is 12.5 Å². The Morgan fingerprint density at radius 1 is 1.18 bits per heavy atom. The molecule has 0 amide bonds. The molecule has 38 heavy (non-hydrogen) atoms. The molecule has 2 aliphatic heterocycles. The number of H-pyrrole nitrogens is 1. The summed E-state index contributed by atoms with van der Waals surface area (Å²) in [6.07, 6.45) is 5.43. The number of carbonyl (C=O) groups is 1. The Balaban J connectivity index is 1.41. The summed E-state index contributed by atoms with van der Waals surface area (Å²) in [5.41, 5.74) is 2.21. The Labute approximate surface area is 226 Å². The number of ketones is 1. The van der Waals surface area contributed by atoms with Crippen molar-refractivity contribution < 1.29 is 27.4 Å². The lowest BCUT2D eigenvalue weighted by molar-refractivity contribution is -0.118. The lowest BCUT2D eigenvalue weighted by Crippen LogP contribution is -2.25. The van der Waals surface area contributed by atoms with Crippen molar-refractivity contribution in [1.82, 2.24) is 9.97 Å². The highest BCUT2D eigenvalue weighted by atomic mass is 32.2. The molecule has 2 aromatic heterocycles. The van der Waals surface area contributed by atoms with Crippen molar-refractivity contribution in [2.45, 2.75) is 49.7 Å². The minimum atomic E-state index is -3.17. The zero-order valence-electron chi connectivity index (χ0n) is 21.4. The van der Waals surface area contributed by atoms with E-state index in [4.69, 9.17) is 19.2 Å². The van der Waals surface area contributed by atoms with Crippen LogP contribution in [0.3, 0.4) is 0 Å². The minimum Gasteiger partial charge on any atom is -0.488 e. The number of nitrogens with one attached hydrogen (secondary N) is 1. The van der Waals surface area contributed by atoms with E-state index in [1.54, 1.807) is 23.9 Å². The highest BCUT2D eigenvalue weighted by Crippen LogP contribution is 2.37. The molecule has 0 aliphatic carbocycles. The van der Waals surface area contributed by atoms with Crippen LogP contribution in [0.15, 0.2) is 41.5 Å². The van der Waals surface area contributed by atoms with Gasteiger partial charge in [-0.3, -0.25) is 14.8 Å². The van der Waals surface area contributed by atoms with Crippen LogP contribution in [0.4, 0.5) is 0 Å². The highest BCUT2D eigenvalue weighted by molar-refractivity contribution is 8.15. The van der Waals surface area contributed by atoms with Gasteiger partial charge in [0.25, 0.3) is 0 Å². The summed E-state index contributed by atoms with van der Waals surface area (Å²) in [5, 5.41) is 1.97. The van der Waals surface area contributed by atoms with Crippen molar-refractivity contribution in [3.8, 4) is 17.2 Å². The number of benzene rings is 1. The van der Waals surface area contributed by atoms with Crippen LogP contribution in [0, 0.1) is 0 Å². The van der Waals surface area contributed by atoms with Gasteiger partial charge in [0.2, 0.25) is 0 Å². The molecule has 1 aromatic carbocycles. The molecule has 5 rings (SSSR count). The predicted octanol–water partition coefficient (Wildman–Crippen LogP) is 4.69. The summed E-state index contributed by atoms with van der Waals surface area (Å²) in [4.78, 5) is 24.3. The molecule has 202 valence electrons. The molecule has 9 nitrogen and oxygen atoms in total. The van der Waals surface area contributed by atoms with Gasteiger partial charge in [0.1, 0.15) is 34.2 Å². The number of sulfone groups is 1. The number of carbonyl (C=O) groups excluding carboxylic acids is 1. The molecule has 1 unspecified atom stereocenters. The van der Waals surface area contributed by atoms with Gasteiger partial charge < -0.3 is 19.2 Å². The number of nitrogens with zero attached hydrogens (tertiary/aromatic N) is 2. The summed E-state index contributed by atoms with van der Waals surface area (Å²) in [5.74, 6) is 1.88. The van der Waals surface area contributed by atoms with Crippen LogP contribution in [0.1, 0.15) is 44.0 Å². The Bertz CT molecular complexity index is 1440. The van der Waals surface area contributed by atoms with E-state index in [9.17, 15) is 13.2 Å². The normalized spacial score (nSPS) is 18.5. The summed E-state index contributed by atoms with van der Waals surface area (Å²) >= 11 is 1.63. The van der Waals surface area contributed by atoms with E-state index < -0.39 is 9.84 Å². The van der Waals surface area contributed by atoms with E-state index in [0.717, 1.165) is 34.5 Å². The summed E-state index contributed by atoms with van der Waals surface area (Å²) < 4.78 is 41.1. The number of fused-ring (bicyclic) bond motifs is 1. The first kappa shape index (κ1) is 26.7. The Kier molecular flexibility index (Phi) is 8.06. The predicted molar refractivity (Wildman–Crippen MR) is 148 cm³/mol. The number of pyridine rings is 1. The number of ether oxygens (including phenoxy) is 3. The molecule has 0 bridgehead atoms. The average molecular weight is 558 g/mol. The number of Topliss-reactive ketones (excluding diaryl/α,β-unsaturated/α-hetero) is 1. The second-order valence-corrected chi connectivity index (χ2v) is 13.1. The topological polar surface area (TPSA) is 120 Å². The van der Waals surface area contributed by atoms with Gasteiger partial charge >= 0.3 is 0 Å². The van der Waals surface area contributed by atoms with Crippen molar-refractivity contribution in [3.05, 3.63) is 47.9 Å². The molecule has 4 heterocycles. The molecule has 11 heteroatoms. The number of thioether (sulfide) groups is 1. The van der Waals surface area contributed by atoms with Gasteiger partial charge in [-0.1, -0.05) is 18.7 Å². The Hall–Kier alpha value is -2.89. The molecule has 3 aromatic rings. The molecular weight excluding hydrogens is 526 g/mol. The Morgan fingerprint density at radius 3 is 2.71 bits per heavy atom. The van der Waals surface area contributed by atoms with Crippen LogP contribution in [-0.4, -0.2) is 66.6 Å². The largest absolute Gasteiger partial charge is 0.488 e. The van der Waals surface area contributed by atoms with Crippen LogP contribution in [0.25, 0.3) is 10.9 Å². The third kappa shape index (κ3) is 6.75. The van der Waals surface area contributed by atoms with E-state index in [1.807, 2.05) is 25.1 Å². The lowest BCUT2D eigenvalue weighted by Gasteiger charge is -2.24. The number of hydrogen-bond donors (Lipinski definition) is 1. The fourth-order valence-corrected chi connectivity index (χ4v) is 6.28. The van der Waals surface area contributed by atoms with Gasteiger partial charge in [-0.25, -0.2) is 8.42 Å². The zero-order chi connectivity index (χ0) is 26.7. The van der Waals surface area contributed by atoms with Crippen LogP contribution in [0.2, 0.25) is 0 Å². The summed E-state index contributed by atoms with van der Waals surface area (Å²) in [6, 6.07) is 9.17. The van der Waals surface area contributed by atoms with Crippen molar-refractivity contribution in [3.63, 3.8) is 0 Å². The van der Waals surface area contributed by atoms with Gasteiger partial charge in [-0.05, 0) is 24.3 Å². The Morgan fingerprint density at radius 2 is 2.00 bits per heavy atom. The van der Waals surface area contributed by atoms with Crippen LogP contribution in [0.5, 0.6) is 17.2 Å². The molecule has 1 saturated heterocycles. The van der Waals surface area contributed by atoms with Crippen LogP contribution in [-0.2, 0) is 25.1 Å². The monoisotopic (exact) mass is 557 g/mol. The average Bonchev–Trinajstić information content (AvgIpc) is 3.52. The van der Waals surface area contributed by atoms with Gasteiger partial charge in [-0.2, -0.15) is 0 Å². The number of aromatic amines is 1. The van der Waals surface area contributed by atoms with E-state index in [-0.39, 0.29) is 22.9 Å². The van der Waals surface area contributed by atoms with Gasteiger partial charge in [0.05, 0.1) is 48.6 Å². The summed E-state index contributed by atoms with van der Waals surface area (Å²) in [7, 11) is -3.17. The van der Waals surface area contributed by atoms with E-state index >= 15 is 0 Å². The van der Waals surface area contributed by atoms with Crippen molar-refractivity contribution in [2.75, 3.05) is 26.0 Å².